The molecule has 0 aliphatic rings. The molecule has 2 rings (SSSR count). The van der Waals surface area contributed by atoms with E-state index in [0.717, 1.165) is 16.8 Å². The molecule has 1 aromatic heterocycles. The average Bonchev–Trinajstić information content (AvgIpc) is 2.35. The number of hydrogen-bond acceptors (Lipinski definition) is 3. The summed E-state index contributed by atoms with van der Waals surface area (Å²) in [6.07, 6.45) is 1.73. The summed E-state index contributed by atoms with van der Waals surface area (Å²) in [5.41, 5.74) is 2.50. The predicted molar refractivity (Wildman–Crippen MR) is 71.9 cm³/mol. The van der Waals surface area contributed by atoms with E-state index >= 15 is 0 Å². The molecule has 0 fully saturated rings. The lowest BCUT2D eigenvalue weighted by molar-refractivity contribution is 0.465. The number of para-hydroxylation sites is 1. The van der Waals surface area contributed by atoms with Gasteiger partial charge in [0.05, 0.1) is 5.69 Å². The largest absolute Gasteiger partial charge is 0.507 e. The van der Waals surface area contributed by atoms with Gasteiger partial charge >= 0.3 is 0 Å². The summed E-state index contributed by atoms with van der Waals surface area (Å²) in [4.78, 5) is 11.2. The van der Waals surface area contributed by atoms with Gasteiger partial charge in [-0.25, -0.2) is 0 Å². The summed E-state index contributed by atoms with van der Waals surface area (Å²) in [5, 5.41) is 13.1. The quantitative estimate of drug-likeness (QED) is 0.868. The minimum Gasteiger partial charge on any atom is -0.507 e. The molecule has 4 heteroatoms. The van der Waals surface area contributed by atoms with E-state index in [1.54, 1.807) is 19.3 Å². The number of phenolic OH excluding ortho intramolecular Hbond substituents is 1. The molecule has 0 unspecified atom stereocenters. The van der Waals surface area contributed by atoms with Gasteiger partial charge in [-0.3, -0.25) is 4.79 Å². The number of nitrogens with one attached hydrogen (secondary N) is 1. The van der Waals surface area contributed by atoms with Crippen molar-refractivity contribution in [1.29, 1.82) is 0 Å². The lowest BCUT2D eigenvalue weighted by atomic mass is 10.1. The summed E-state index contributed by atoms with van der Waals surface area (Å²) in [5.74, 6) is 0.315. The van der Waals surface area contributed by atoms with E-state index in [1.165, 1.54) is 10.6 Å². The zero-order valence-corrected chi connectivity index (χ0v) is 10.5. The molecule has 2 aromatic rings. The Balaban J connectivity index is 2.14. The number of benzene rings is 1. The monoisotopic (exact) mass is 244 g/mol. The molecular formula is C14H16N2O2. The molecule has 94 valence electrons. The Labute approximate surface area is 106 Å². The normalized spacial score (nSPS) is 10.3. The van der Waals surface area contributed by atoms with Gasteiger partial charge in [0, 0.05) is 31.4 Å². The summed E-state index contributed by atoms with van der Waals surface area (Å²) < 4.78 is 1.51. The van der Waals surface area contributed by atoms with Gasteiger partial charge in [0.2, 0.25) is 5.56 Å². The van der Waals surface area contributed by atoms with Crippen molar-refractivity contribution in [2.24, 2.45) is 7.05 Å². The van der Waals surface area contributed by atoms with Gasteiger partial charge in [-0.2, -0.15) is 0 Å². The van der Waals surface area contributed by atoms with E-state index in [-0.39, 0.29) is 5.56 Å². The van der Waals surface area contributed by atoms with Gasteiger partial charge in [0.15, 0.2) is 0 Å². The highest BCUT2D eigenvalue weighted by atomic mass is 16.3. The van der Waals surface area contributed by atoms with Crippen molar-refractivity contribution in [3.63, 3.8) is 0 Å². The molecule has 18 heavy (non-hydrogen) atoms. The minimum absolute atomic E-state index is 0.0426. The number of aromatic nitrogens is 1. The number of pyridine rings is 1. The Morgan fingerprint density at radius 1 is 1.28 bits per heavy atom. The topological polar surface area (TPSA) is 54.3 Å². The second-order valence-electron chi connectivity index (χ2n) is 4.30. The van der Waals surface area contributed by atoms with Crippen molar-refractivity contribution >= 4 is 5.69 Å². The van der Waals surface area contributed by atoms with Crippen LogP contribution in [-0.2, 0) is 13.6 Å². The SMILES string of the molecule is Cc1cccc(CNc2ccc(=O)n(C)c2)c1O. The van der Waals surface area contributed by atoms with Crippen LogP contribution in [0.2, 0.25) is 0 Å². The predicted octanol–water partition coefficient (Wildman–Crippen LogP) is 2.01. The fourth-order valence-electron chi connectivity index (χ4n) is 1.76. The van der Waals surface area contributed by atoms with Crippen molar-refractivity contribution in [3.05, 3.63) is 58.0 Å². The van der Waals surface area contributed by atoms with Crippen LogP contribution in [0.3, 0.4) is 0 Å². The Morgan fingerprint density at radius 3 is 2.78 bits per heavy atom. The van der Waals surface area contributed by atoms with E-state index < -0.39 is 0 Å². The third kappa shape index (κ3) is 2.53. The minimum atomic E-state index is -0.0426. The molecule has 1 heterocycles. The van der Waals surface area contributed by atoms with Crippen molar-refractivity contribution in [2.75, 3.05) is 5.32 Å². The second-order valence-corrected chi connectivity index (χ2v) is 4.30. The molecule has 0 aliphatic carbocycles. The number of hydrogen-bond donors (Lipinski definition) is 2. The summed E-state index contributed by atoms with van der Waals surface area (Å²) in [7, 11) is 1.71. The van der Waals surface area contributed by atoms with Crippen LogP contribution >= 0.6 is 0 Å². The number of phenols is 1. The lowest BCUT2D eigenvalue weighted by Crippen LogP contribution is -2.15. The third-order valence-electron chi connectivity index (χ3n) is 2.89. The van der Waals surface area contributed by atoms with Crippen LogP contribution in [0.1, 0.15) is 11.1 Å². The maximum atomic E-state index is 11.2. The molecule has 0 aliphatic heterocycles. The van der Waals surface area contributed by atoms with Crippen LogP contribution < -0.4 is 10.9 Å². The Morgan fingerprint density at radius 2 is 2.06 bits per heavy atom. The van der Waals surface area contributed by atoms with E-state index in [0.29, 0.717) is 12.3 Å². The second kappa shape index (κ2) is 4.96. The van der Waals surface area contributed by atoms with Crippen molar-refractivity contribution < 1.29 is 5.11 Å². The van der Waals surface area contributed by atoms with E-state index in [4.69, 9.17) is 0 Å². The first-order valence-electron chi connectivity index (χ1n) is 5.76. The van der Waals surface area contributed by atoms with Gasteiger partial charge in [-0.1, -0.05) is 18.2 Å². The Hall–Kier alpha value is -2.23. The molecule has 0 saturated carbocycles. The summed E-state index contributed by atoms with van der Waals surface area (Å²) in [6.45, 7) is 2.39. The first-order valence-corrected chi connectivity index (χ1v) is 5.76. The van der Waals surface area contributed by atoms with Crippen LogP contribution in [-0.4, -0.2) is 9.67 Å². The molecule has 0 amide bonds. The highest BCUT2D eigenvalue weighted by molar-refractivity contribution is 5.45. The van der Waals surface area contributed by atoms with E-state index in [1.807, 2.05) is 25.1 Å². The standard InChI is InChI=1S/C14H16N2O2/c1-10-4-3-5-11(14(10)18)8-15-12-6-7-13(17)16(2)9-12/h3-7,9,15,18H,8H2,1-2H3. The van der Waals surface area contributed by atoms with Crippen LogP contribution in [0.25, 0.3) is 0 Å². The molecule has 0 radical (unpaired) electrons. The smallest absolute Gasteiger partial charge is 0.250 e. The number of rotatable bonds is 3. The van der Waals surface area contributed by atoms with Crippen molar-refractivity contribution in [3.8, 4) is 5.75 Å². The first-order chi connectivity index (χ1) is 8.58. The van der Waals surface area contributed by atoms with Gasteiger partial charge in [-0.15, -0.1) is 0 Å². The summed E-state index contributed by atoms with van der Waals surface area (Å²) in [6, 6.07) is 8.89. The molecule has 4 nitrogen and oxygen atoms in total. The highest BCUT2D eigenvalue weighted by Crippen LogP contribution is 2.22. The fourth-order valence-corrected chi connectivity index (χ4v) is 1.76. The Kier molecular flexibility index (Phi) is 3.37. The van der Waals surface area contributed by atoms with Crippen LogP contribution in [0, 0.1) is 6.92 Å². The van der Waals surface area contributed by atoms with E-state index in [9.17, 15) is 9.90 Å². The van der Waals surface area contributed by atoms with Crippen LogP contribution in [0.4, 0.5) is 5.69 Å². The molecule has 0 saturated heterocycles. The first kappa shape index (κ1) is 12.2. The summed E-state index contributed by atoms with van der Waals surface area (Å²) >= 11 is 0. The zero-order valence-electron chi connectivity index (χ0n) is 10.5. The number of anilines is 1. The van der Waals surface area contributed by atoms with E-state index in [2.05, 4.69) is 5.32 Å². The fraction of sp³-hybridized carbons (Fsp3) is 0.214. The number of aryl methyl sites for hydroxylation is 2. The lowest BCUT2D eigenvalue weighted by Gasteiger charge is -2.10. The van der Waals surface area contributed by atoms with Crippen molar-refractivity contribution in [2.45, 2.75) is 13.5 Å². The number of nitrogens with zero attached hydrogens (tertiary/aromatic N) is 1. The van der Waals surface area contributed by atoms with Gasteiger partial charge in [0.25, 0.3) is 0 Å². The highest BCUT2D eigenvalue weighted by Gasteiger charge is 2.03. The average molecular weight is 244 g/mol. The molecule has 2 N–H and O–H groups in total. The number of aromatic hydroxyl groups is 1. The Bertz CT molecular complexity index is 617. The van der Waals surface area contributed by atoms with Gasteiger partial charge < -0.3 is 15.0 Å². The van der Waals surface area contributed by atoms with Gasteiger partial charge in [-0.05, 0) is 18.6 Å². The van der Waals surface area contributed by atoms with Crippen LogP contribution in [0.5, 0.6) is 5.75 Å². The van der Waals surface area contributed by atoms with Gasteiger partial charge in [0.1, 0.15) is 5.75 Å². The molecule has 0 atom stereocenters. The maximum Gasteiger partial charge on any atom is 0.250 e. The maximum absolute atomic E-state index is 11.2. The molecule has 0 bridgehead atoms. The van der Waals surface area contributed by atoms with Crippen LogP contribution in [0.15, 0.2) is 41.3 Å². The van der Waals surface area contributed by atoms with Crippen molar-refractivity contribution in [1.82, 2.24) is 4.57 Å². The zero-order chi connectivity index (χ0) is 13.1. The molecular weight excluding hydrogens is 228 g/mol. The third-order valence-corrected chi connectivity index (χ3v) is 2.89. The molecule has 0 spiro atoms. The molecule has 1 aromatic carbocycles.